The Hall–Kier alpha value is -1.58. The van der Waals surface area contributed by atoms with Gasteiger partial charge in [0.25, 0.3) is 0 Å². The first-order valence-corrected chi connectivity index (χ1v) is 4.73. The SMILES string of the molecule is CCOc1cc(F)c2[nH]c(C)cc2c1F. The van der Waals surface area contributed by atoms with E-state index in [2.05, 4.69) is 4.98 Å². The molecule has 2 aromatic rings. The summed E-state index contributed by atoms with van der Waals surface area (Å²) in [6.07, 6.45) is 0. The molecule has 0 saturated carbocycles. The van der Waals surface area contributed by atoms with Crippen molar-refractivity contribution in [3.63, 3.8) is 0 Å². The lowest BCUT2D eigenvalue weighted by molar-refractivity contribution is 0.321. The van der Waals surface area contributed by atoms with Crippen LogP contribution < -0.4 is 4.74 Å². The lowest BCUT2D eigenvalue weighted by Gasteiger charge is -2.05. The van der Waals surface area contributed by atoms with Crippen LogP contribution in [0.1, 0.15) is 12.6 Å². The van der Waals surface area contributed by atoms with Crippen LogP contribution in [0.25, 0.3) is 10.9 Å². The molecule has 1 heterocycles. The molecule has 2 rings (SSSR count). The number of nitrogens with one attached hydrogen (secondary N) is 1. The van der Waals surface area contributed by atoms with Crippen molar-refractivity contribution in [1.29, 1.82) is 0 Å². The zero-order valence-electron chi connectivity index (χ0n) is 8.53. The van der Waals surface area contributed by atoms with E-state index in [1.807, 2.05) is 0 Å². The maximum Gasteiger partial charge on any atom is 0.174 e. The highest BCUT2D eigenvalue weighted by molar-refractivity contribution is 5.83. The molecule has 0 spiro atoms. The normalized spacial score (nSPS) is 10.9. The van der Waals surface area contributed by atoms with Gasteiger partial charge in [-0.3, -0.25) is 0 Å². The minimum atomic E-state index is -0.516. The van der Waals surface area contributed by atoms with E-state index in [0.717, 1.165) is 11.8 Å². The van der Waals surface area contributed by atoms with Crippen molar-refractivity contribution in [3.8, 4) is 5.75 Å². The zero-order valence-corrected chi connectivity index (χ0v) is 8.53. The number of fused-ring (bicyclic) bond motifs is 1. The predicted molar refractivity (Wildman–Crippen MR) is 54.1 cm³/mol. The molecule has 80 valence electrons. The van der Waals surface area contributed by atoms with Gasteiger partial charge >= 0.3 is 0 Å². The third-order valence-electron chi connectivity index (χ3n) is 2.20. The van der Waals surface area contributed by atoms with Gasteiger partial charge in [-0.05, 0) is 19.9 Å². The summed E-state index contributed by atoms with van der Waals surface area (Å²) in [5.41, 5.74) is 0.907. The molecule has 0 atom stereocenters. The second kappa shape index (κ2) is 3.53. The summed E-state index contributed by atoms with van der Waals surface area (Å²) < 4.78 is 32.2. The van der Waals surface area contributed by atoms with Gasteiger partial charge in [0.2, 0.25) is 0 Å². The number of halogens is 2. The maximum atomic E-state index is 13.7. The molecule has 0 unspecified atom stereocenters. The van der Waals surface area contributed by atoms with Crippen LogP contribution in [0.3, 0.4) is 0 Å². The summed E-state index contributed by atoms with van der Waals surface area (Å²) in [5, 5.41) is 0.232. The van der Waals surface area contributed by atoms with Crippen molar-refractivity contribution in [3.05, 3.63) is 29.5 Å². The van der Waals surface area contributed by atoms with Crippen LogP contribution in [0, 0.1) is 18.6 Å². The second-order valence-corrected chi connectivity index (χ2v) is 3.34. The molecule has 0 bridgehead atoms. The lowest BCUT2D eigenvalue weighted by atomic mass is 10.2. The van der Waals surface area contributed by atoms with Crippen LogP contribution in [-0.2, 0) is 0 Å². The fourth-order valence-corrected chi connectivity index (χ4v) is 1.59. The van der Waals surface area contributed by atoms with Gasteiger partial charge < -0.3 is 9.72 Å². The molecule has 15 heavy (non-hydrogen) atoms. The maximum absolute atomic E-state index is 13.7. The summed E-state index contributed by atoms with van der Waals surface area (Å²) in [5.74, 6) is -1.05. The van der Waals surface area contributed by atoms with Crippen molar-refractivity contribution in [2.45, 2.75) is 13.8 Å². The van der Waals surface area contributed by atoms with Gasteiger partial charge in [-0.2, -0.15) is 0 Å². The number of hydrogen-bond donors (Lipinski definition) is 1. The second-order valence-electron chi connectivity index (χ2n) is 3.34. The lowest BCUT2D eigenvalue weighted by Crippen LogP contribution is -1.96. The van der Waals surface area contributed by atoms with Gasteiger partial charge in [-0.15, -0.1) is 0 Å². The number of aromatic amines is 1. The molecule has 1 aromatic carbocycles. The largest absolute Gasteiger partial charge is 0.491 e. The number of aryl methyl sites for hydroxylation is 1. The number of H-pyrrole nitrogens is 1. The topological polar surface area (TPSA) is 25.0 Å². The van der Waals surface area contributed by atoms with E-state index in [4.69, 9.17) is 4.74 Å². The van der Waals surface area contributed by atoms with E-state index in [1.165, 1.54) is 0 Å². The summed E-state index contributed by atoms with van der Waals surface area (Å²) in [4.78, 5) is 2.77. The number of benzene rings is 1. The van der Waals surface area contributed by atoms with Gasteiger partial charge in [0.1, 0.15) is 0 Å². The fourth-order valence-electron chi connectivity index (χ4n) is 1.59. The smallest absolute Gasteiger partial charge is 0.174 e. The molecule has 0 amide bonds. The molecule has 0 aliphatic heterocycles. The number of hydrogen-bond acceptors (Lipinski definition) is 1. The van der Waals surface area contributed by atoms with Gasteiger partial charge in [-0.1, -0.05) is 0 Å². The van der Waals surface area contributed by atoms with Gasteiger partial charge in [0.15, 0.2) is 17.4 Å². The average Bonchev–Trinajstić information content (AvgIpc) is 2.57. The third-order valence-corrected chi connectivity index (χ3v) is 2.20. The molecule has 2 nitrogen and oxygen atoms in total. The standard InChI is InChI=1S/C11H11F2NO/c1-3-15-9-5-8(12)11-7(10(9)13)4-6(2)14-11/h4-5,14H,3H2,1-2H3. The Kier molecular flexibility index (Phi) is 2.34. The predicted octanol–water partition coefficient (Wildman–Crippen LogP) is 3.15. The number of aromatic nitrogens is 1. The van der Waals surface area contributed by atoms with E-state index in [-0.39, 0.29) is 16.7 Å². The Morgan fingerprint density at radius 2 is 2.07 bits per heavy atom. The molecule has 0 fully saturated rings. The van der Waals surface area contributed by atoms with Crippen LogP contribution in [-0.4, -0.2) is 11.6 Å². The first-order valence-electron chi connectivity index (χ1n) is 4.73. The van der Waals surface area contributed by atoms with E-state index in [9.17, 15) is 8.78 Å². The van der Waals surface area contributed by atoms with Crippen molar-refractivity contribution in [2.24, 2.45) is 0 Å². The van der Waals surface area contributed by atoms with Crippen molar-refractivity contribution in [2.75, 3.05) is 6.61 Å². The minimum Gasteiger partial charge on any atom is -0.491 e. The summed E-state index contributed by atoms with van der Waals surface area (Å²) >= 11 is 0. The molecular formula is C11H11F2NO. The van der Waals surface area contributed by atoms with E-state index in [0.29, 0.717) is 6.61 Å². The molecule has 0 aliphatic carbocycles. The van der Waals surface area contributed by atoms with Crippen LogP contribution >= 0.6 is 0 Å². The van der Waals surface area contributed by atoms with E-state index < -0.39 is 11.6 Å². The number of rotatable bonds is 2. The van der Waals surface area contributed by atoms with Crippen LogP contribution in [0.4, 0.5) is 8.78 Å². The third kappa shape index (κ3) is 1.56. The quantitative estimate of drug-likeness (QED) is 0.810. The Bertz CT molecular complexity index is 505. The van der Waals surface area contributed by atoms with E-state index >= 15 is 0 Å². The highest BCUT2D eigenvalue weighted by Gasteiger charge is 2.14. The summed E-state index contributed by atoms with van der Waals surface area (Å²) in [7, 11) is 0. The summed E-state index contributed by atoms with van der Waals surface area (Å²) in [6.45, 7) is 3.79. The van der Waals surface area contributed by atoms with Crippen LogP contribution in [0.5, 0.6) is 5.75 Å². The first-order chi connectivity index (χ1) is 7.13. The van der Waals surface area contributed by atoms with E-state index in [1.54, 1.807) is 19.9 Å². The Balaban J connectivity index is 2.71. The number of ether oxygens (including phenoxy) is 1. The molecule has 1 aromatic heterocycles. The van der Waals surface area contributed by atoms with Crippen molar-refractivity contribution < 1.29 is 13.5 Å². The molecular weight excluding hydrogens is 200 g/mol. The molecule has 1 N–H and O–H groups in total. The Labute approximate surface area is 85.9 Å². The van der Waals surface area contributed by atoms with Gasteiger partial charge in [0.05, 0.1) is 12.1 Å². The van der Waals surface area contributed by atoms with Crippen LogP contribution in [0.2, 0.25) is 0 Å². The first kappa shape index (κ1) is 9.96. The minimum absolute atomic E-state index is 0.0403. The van der Waals surface area contributed by atoms with Crippen molar-refractivity contribution in [1.82, 2.24) is 4.98 Å². The zero-order chi connectivity index (χ0) is 11.0. The fraction of sp³-hybridized carbons (Fsp3) is 0.273. The van der Waals surface area contributed by atoms with Gasteiger partial charge in [0, 0.05) is 17.1 Å². The van der Waals surface area contributed by atoms with Crippen LogP contribution in [0.15, 0.2) is 12.1 Å². The average molecular weight is 211 g/mol. The highest BCUT2D eigenvalue weighted by atomic mass is 19.1. The molecule has 0 saturated heterocycles. The Morgan fingerprint density at radius 1 is 1.33 bits per heavy atom. The van der Waals surface area contributed by atoms with Gasteiger partial charge in [-0.25, -0.2) is 8.78 Å². The molecule has 4 heteroatoms. The highest BCUT2D eigenvalue weighted by Crippen LogP contribution is 2.29. The Morgan fingerprint density at radius 3 is 2.73 bits per heavy atom. The molecule has 0 aliphatic rings. The summed E-state index contributed by atoms with van der Waals surface area (Å²) in [6, 6.07) is 2.63. The molecule has 0 radical (unpaired) electrons. The monoisotopic (exact) mass is 211 g/mol. The van der Waals surface area contributed by atoms with Crippen molar-refractivity contribution >= 4 is 10.9 Å².